The number of amides is 2. The van der Waals surface area contributed by atoms with E-state index in [0.29, 0.717) is 17.1 Å². The number of benzene rings is 1. The molecule has 1 aromatic heterocycles. The molecule has 4 rings (SSSR count). The molecule has 2 atom stereocenters. The van der Waals surface area contributed by atoms with Crippen molar-refractivity contribution < 1.29 is 14.4 Å². The van der Waals surface area contributed by atoms with Crippen molar-refractivity contribution in [3.05, 3.63) is 60.4 Å². The van der Waals surface area contributed by atoms with Crippen LogP contribution in [0.2, 0.25) is 0 Å². The van der Waals surface area contributed by atoms with Gasteiger partial charge in [-0.3, -0.25) is 24.3 Å². The Morgan fingerprint density at radius 2 is 1.80 bits per heavy atom. The Morgan fingerprint density at radius 1 is 1.07 bits per heavy atom. The van der Waals surface area contributed by atoms with Gasteiger partial charge in [-0.15, -0.1) is 0 Å². The predicted molar refractivity (Wildman–Crippen MR) is 117 cm³/mol. The van der Waals surface area contributed by atoms with Crippen molar-refractivity contribution in [2.45, 2.75) is 44.2 Å². The lowest BCUT2D eigenvalue weighted by molar-refractivity contribution is -0.129. The van der Waals surface area contributed by atoms with Crippen LogP contribution in [-0.4, -0.2) is 33.7 Å². The Kier molecular flexibility index (Phi) is 6.47. The second-order valence-electron chi connectivity index (χ2n) is 7.77. The Bertz CT molecular complexity index is 900. The van der Waals surface area contributed by atoms with Crippen LogP contribution in [0, 0.1) is 5.92 Å². The molecule has 30 heavy (non-hydrogen) atoms. The van der Waals surface area contributed by atoms with Gasteiger partial charge in [0.15, 0.2) is 11.2 Å². The van der Waals surface area contributed by atoms with E-state index >= 15 is 0 Å². The summed E-state index contributed by atoms with van der Waals surface area (Å²) in [6, 6.07) is 13.8. The van der Waals surface area contributed by atoms with Gasteiger partial charge in [-0.25, -0.2) is 0 Å². The molecule has 1 N–H and O–H groups in total. The maximum absolute atomic E-state index is 13.6. The van der Waals surface area contributed by atoms with Crippen molar-refractivity contribution >= 4 is 34.4 Å². The molecule has 0 bridgehead atoms. The molecule has 1 saturated heterocycles. The van der Waals surface area contributed by atoms with Crippen molar-refractivity contribution in [1.82, 2.24) is 10.3 Å². The molecule has 156 valence electrons. The van der Waals surface area contributed by atoms with E-state index < -0.39 is 12.0 Å². The van der Waals surface area contributed by atoms with Crippen molar-refractivity contribution in [3.63, 3.8) is 0 Å². The molecule has 2 aromatic rings. The van der Waals surface area contributed by atoms with E-state index in [0.717, 1.165) is 25.7 Å². The van der Waals surface area contributed by atoms with Crippen molar-refractivity contribution in [3.8, 4) is 0 Å². The van der Waals surface area contributed by atoms with E-state index in [1.165, 1.54) is 16.7 Å². The van der Waals surface area contributed by atoms with Crippen molar-refractivity contribution in [1.29, 1.82) is 0 Å². The van der Waals surface area contributed by atoms with Gasteiger partial charge in [0.25, 0.3) is 0 Å². The van der Waals surface area contributed by atoms with Crippen molar-refractivity contribution in [2.75, 3.05) is 10.7 Å². The zero-order valence-electron chi connectivity index (χ0n) is 16.7. The minimum atomic E-state index is -0.887. The molecule has 0 radical (unpaired) electrons. The van der Waals surface area contributed by atoms with Crippen LogP contribution in [0.3, 0.4) is 0 Å². The average Bonchev–Trinajstić information content (AvgIpc) is 3.44. The Balaban J connectivity index is 1.73. The third-order valence-corrected chi connectivity index (χ3v) is 6.71. The molecule has 2 aliphatic rings. The van der Waals surface area contributed by atoms with E-state index in [9.17, 15) is 14.4 Å². The standard InChI is InChI=1S/C23H25N3O3S/c27-20-14-16(15-30-20)23(29)26(18-10-2-1-3-11-18)21(19-12-6-7-13-24-19)22(28)25-17-8-4-5-9-17/h1-3,6-7,10-13,16-17,21H,4-5,8-9,14-15H2,(H,25,28). The van der Waals surface area contributed by atoms with Gasteiger partial charge in [0, 0.05) is 30.1 Å². The highest BCUT2D eigenvalue weighted by Crippen LogP contribution is 2.34. The predicted octanol–water partition coefficient (Wildman–Crippen LogP) is 3.49. The summed E-state index contributed by atoms with van der Waals surface area (Å²) in [6.07, 6.45) is 5.94. The lowest BCUT2D eigenvalue weighted by Gasteiger charge is -2.33. The molecule has 2 amide bonds. The van der Waals surface area contributed by atoms with Crippen LogP contribution in [0.25, 0.3) is 0 Å². The number of nitrogens with zero attached hydrogens (tertiary/aromatic N) is 2. The number of thioether (sulfide) groups is 1. The van der Waals surface area contributed by atoms with Crippen LogP contribution in [0.4, 0.5) is 5.69 Å². The number of hydrogen-bond donors (Lipinski definition) is 1. The highest BCUT2D eigenvalue weighted by molar-refractivity contribution is 8.14. The molecule has 1 aliphatic heterocycles. The molecule has 6 nitrogen and oxygen atoms in total. The lowest BCUT2D eigenvalue weighted by atomic mass is 10.0. The van der Waals surface area contributed by atoms with Gasteiger partial charge in [0.05, 0.1) is 11.6 Å². The van der Waals surface area contributed by atoms with Gasteiger partial charge < -0.3 is 5.32 Å². The zero-order valence-corrected chi connectivity index (χ0v) is 17.5. The number of pyridine rings is 1. The average molecular weight is 424 g/mol. The van der Waals surface area contributed by atoms with Gasteiger partial charge in [0.1, 0.15) is 0 Å². The number of aromatic nitrogens is 1. The first-order valence-corrected chi connectivity index (χ1v) is 11.4. The first-order valence-electron chi connectivity index (χ1n) is 10.4. The quantitative estimate of drug-likeness (QED) is 0.769. The number of rotatable bonds is 6. The van der Waals surface area contributed by atoms with Gasteiger partial charge in [0.2, 0.25) is 11.8 Å². The Morgan fingerprint density at radius 3 is 2.43 bits per heavy atom. The van der Waals surface area contributed by atoms with E-state index in [1.807, 2.05) is 36.4 Å². The minimum Gasteiger partial charge on any atom is -0.351 e. The number of anilines is 1. The van der Waals surface area contributed by atoms with Crippen LogP contribution < -0.4 is 10.2 Å². The Hall–Kier alpha value is -2.67. The monoisotopic (exact) mass is 423 g/mol. The molecule has 1 aliphatic carbocycles. The second-order valence-corrected chi connectivity index (χ2v) is 8.85. The van der Waals surface area contributed by atoms with E-state index in [4.69, 9.17) is 0 Å². The summed E-state index contributed by atoms with van der Waals surface area (Å²) in [6.45, 7) is 0. The number of para-hydroxylation sites is 1. The summed E-state index contributed by atoms with van der Waals surface area (Å²) in [4.78, 5) is 44.9. The number of carbonyl (C=O) groups is 3. The molecule has 1 aromatic carbocycles. The number of nitrogens with one attached hydrogen (secondary N) is 1. The topological polar surface area (TPSA) is 79.4 Å². The summed E-state index contributed by atoms with van der Waals surface area (Å²) in [7, 11) is 0. The fourth-order valence-corrected chi connectivity index (χ4v) is 5.10. The zero-order chi connectivity index (χ0) is 20.9. The van der Waals surface area contributed by atoms with Gasteiger partial charge in [-0.1, -0.05) is 48.9 Å². The Labute approximate surface area is 180 Å². The molecule has 2 heterocycles. The molecular formula is C23H25N3O3S. The van der Waals surface area contributed by atoms with Crippen LogP contribution in [-0.2, 0) is 14.4 Å². The first kappa shape index (κ1) is 20.6. The fraction of sp³-hybridized carbons (Fsp3) is 0.391. The molecule has 1 saturated carbocycles. The van der Waals surface area contributed by atoms with Crippen LogP contribution in [0.15, 0.2) is 54.7 Å². The summed E-state index contributed by atoms with van der Waals surface area (Å²) in [5, 5.41) is 3.16. The summed E-state index contributed by atoms with van der Waals surface area (Å²) >= 11 is 1.19. The van der Waals surface area contributed by atoms with Crippen molar-refractivity contribution in [2.24, 2.45) is 5.92 Å². The molecule has 7 heteroatoms. The highest BCUT2D eigenvalue weighted by Gasteiger charge is 2.40. The third-order valence-electron chi connectivity index (χ3n) is 5.66. The first-order chi connectivity index (χ1) is 14.6. The second kappa shape index (κ2) is 9.43. The number of carbonyl (C=O) groups excluding carboxylic acids is 3. The molecule has 2 unspecified atom stereocenters. The molecular weight excluding hydrogens is 398 g/mol. The van der Waals surface area contributed by atoms with E-state index in [2.05, 4.69) is 10.3 Å². The van der Waals surface area contributed by atoms with E-state index in [1.54, 1.807) is 18.3 Å². The fourth-order valence-electron chi connectivity index (χ4n) is 4.13. The molecule has 0 spiro atoms. The lowest BCUT2D eigenvalue weighted by Crippen LogP contribution is -2.48. The number of hydrogen-bond acceptors (Lipinski definition) is 5. The van der Waals surface area contributed by atoms with Gasteiger partial charge >= 0.3 is 0 Å². The maximum Gasteiger partial charge on any atom is 0.249 e. The van der Waals surface area contributed by atoms with Crippen LogP contribution in [0.5, 0.6) is 0 Å². The SMILES string of the molecule is O=C1CC(C(=O)N(c2ccccc2)C(C(=O)NC2CCCC2)c2ccccn2)CS1. The van der Waals surface area contributed by atoms with E-state index in [-0.39, 0.29) is 29.4 Å². The van der Waals surface area contributed by atoms with Crippen LogP contribution >= 0.6 is 11.8 Å². The molecule has 2 fully saturated rings. The van der Waals surface area contributed by atoms with Crippen LogP contribution in [0.1, 0.15) is 43.8 Å². The smallest absolute Gasteiger partial charge is 0.249 e. The summed E-state index contributed by atoms with van der Waals surface area (Å²) in [5.41, 5.74) is 1.14. The maximum atomic E-state index is 13.6. The van der Waals surface area contributed by atoms with Gasteiger partial charge in [-0.2, -0.15) is 0 Å². The largest absolute Gasteiger partial charge is 0.351 e. The summed E-state index contributed by atoms with van der Waals surface area (Å²) < 4.78 is 0. The normalized spacial score (nSPS) is 20.1. The minimum absolute atomic E-state index is 0.0196. The van der Waals surface area contributed by atoms with Gasteiger partial charge in [-0.05, 0) is 37.1 Å². The summed E-state index contributed by atoms with van der Waals surface area (Å²) in [5.74, 6) is -0.431. The highest BCUT2D eigenvalue weighted by atomic mass is 32.2. The third kappa shape index (κ3) is 4.56.